The molecule has 0 aliphatic carbocycles. The lowest BCUT2D eigenvalue weighted by molar-refractivity contribution is -0.126. The molecule has 3 heterocycles. The van der Waals surface area contributed by atoms with Gasteiger partial charge in [-0.2, -0.15) is 4.31 Å². The third kappa shape index (κ3) is 5.39. The predicted octanol–water partition coefficient (Wildman–Crippen LogP) is 2.22. The van der Waals surface area contributed by atoms with E-state index >= 15 is 0 Å². The average molecular weight is 513 g/mol. The Morgan fingerprint density at radius 3 is 2.47 bits per heavy atom. The number of pyridine rings is 1. The Bertz CT molecular complexity index is 1320. The summed E-state index contributed by atoms with van der Waals surface area (Å²) in [7, 11) is -4.13. The molecule has 11 nitrogen and oxygen atoms in total. The minimum atomic E-state index is -4.13. The quantitative estimate of drug-likeness (QED) is 0.516. The first-order valence-electron chi connectivity index (χ1n) is 11.4. The molecule has 1 saturated heterocycles. The SMILES string of the molecule is Cc1ccc(NC(=O)N2CCN(S(=O)(=O)c3c(C)noc3C)C(C(=O)NCc3ccccn3)C2)cc1. The number of piperazine rings is 1. The van der Waals surface area contributed by atoms with Crippen LogP contribution in [-0.2, 0) is 21.4 Å². The zero-order valence-corrected chi connectivity index (χ0v) is 21.1. The van der Waals surface area contributed by atoms with E-state index < -0.39 is 28.0 Å². The van der Waals surface area contributed by atoms with Crippen LogP contribution in [0.2, 0.25) is 0 Å². The summed E-state index contributed by atoms with van der Waals surface area (Å²) in [4.78, 5) is 31.8. The van der Waals surface area contributed by atoms with Crippen molar-refractivity contribution in [3.8, 4) is 0 Å². The second kappa shape index (κ2) is 10.5. The van der Waals surface area contributed by atoms with Gasteiger partial charge in [0, 0.05) is 31.5 Å². The van der Waals surface area contributed by atoms with Crippen molar-refractivity contribution >= 4 is 27.6 Å². The molecule has 1 aromatic carbocycles. The molecule has 0 bridgehead atoms. The summed E-state index contributed by atoms with van der Waals surface area (Å²) in [6, 6.07) is 11.0. The first-order valence-corrected chi connectivity index (χ1v) is 12.9. The van der Waals surface area contributed by atoms with Crippen LogP contribution >= 0.6 is 0 Å². The monoisotopic (exact) mass is 512 g/mol. The molecule has 1 unspecified atom stereocenters. The number of anilines is 1. The van der Waals surface area contributed by atoms with Crippen molar-refractivity contribution in [2.45, 2.75) is 38.3 Å². The number of benzene rings is 1. The summed E-state index contributed by atoms with van der Waals surface area (Å²) in [5, 5.41) is 9.32. The van der Waals surface area contributed by atoms with Crippen LogP contribution in [0.25, 0.3) is 0 Å². The van der Waals surface area contributed by atoms with E-state index in [1.54, 1.807) is 36.5 Å². The highest BCUT2D eigenvalue weighted by Gasteiger charge is 2.43. The van der Waals surface area contributed by atoms with Gasteiger partial charge in [-0.25, -0.2) is 13.2 Å². The topological polar surface area (TPSA) is 138 Å². The number of sulfonamides is 1. The molecule has 0 radical (unpaired) electrons. The van der Waals surface area contributed by atoms with E-state index in [1.165, 1.54) is 18.7 Å². The van der Waals surface area contributed by atoms with Crippen LogP contribution in [0, 0.1) is 20.8 Å². The fourth-order valence-electron chi connectivity index (χ4n) is 4.05. The third-order valence-electron chi connectivity index (χ3n) is 5.93. The lowest BCUT2D eigenvalue weighted by Gasteiger charge is -2.39. The minimum Gasteiger partial charge on any atom is -0.360 e. The number of nitrogens with zero attached hydrogens (tertiary/aromatic N) is 4. The van der Waals surface area contributed by atoms with Gasteiger partial charge in [-0.15, -0.1) is 0 Å². The van der Waals surface area contributed by atoms with E-state index in [2.05, 4.69) is 20.8 Å². The number of rotatable bonds is 6. The van der Waals surface area contributed by atoms with Crippen LogP contribution in [0.5, 0.6) is 0 Å². The Labute approximate surface area is 209 Å². The molecule has 1 fully saturated rings. The summed E-state index contributed by atoms with van der Waals surface area (Å²) in [6.07, 6.45) is 1.60. The number of carbonyl (C=O) groups excluding carboxylic acids is 2. The van der Waals surface area contributed by atoms with Gasteiger partial charge in [0.25, 0.3) is 0 Å². The highest BCUT2D eigenvalue weighted by molar-refractivity contribution is 7.89. The van der Waals surface area contributed by atoms with E-state index in [9.17, 15) is 18.0 Å². The molecule has 2 N–H and O–H groups in total. The molecule has 0 saturated carbocycles. The number of hydrogen-bond donors (Lipinski definition) is 2. The van der Waals surface area contributed by atoms with Crippen molar-refractivity contribution in [1.29, 1.82) is 0 Å². The summed E-state index contributed by atoms with van der Waals surface area (Å²) in [6.45, 7) is 5.00. The first-order chi connectivity index (χ1) is 17.2. The molecule has 0 spiro atoms. The zero-order valence-electron chi connectivity index (χ0n) is 20.3. The fourth-order valence-corrected chi connectivity index (χ4v) is 5.91. The van der Waals surface area contributed by atoms with E-state index in [1.807, 2.05) is 19.1 Å². The number of aromatic nitrogens is 2. The molecule has 3 amide bonds. The molecule has 1 aliphatic heterocycles. The lowest BCUT2D eigenvalue weighted by Crippen LogP contribution is -2.61. The number of nitrogens with one attached hydrogen (secondary N) is 2. The van der Waals surface area contributed by atoms with Crippen LogP contribution in [0.3, 0.4) is 0 Å². The Kier molecular flexibility index (Phi) is 7.36. The van der Waals surface area contributed by atoms with Gasteiger partial charge in [0.2, 0.25) is 15.9 Å². The van der Waals surface area contributed by atoms with Crippen molar-refractivity contribution in [2.24, 2.45) is 0 Å². The van der Waals surface area contributed by atoms with Gasteiger partial charge in [-0.3, -0.25) is 9.78 Å². The highest BCUT2D eigenvalue weighted by atomic mass is 32.2. The zero-order chi connectivity index (χ0) is 25.9. The maximum atomic E-state index is 13.6. The molecular formula is C24H28N6O5S. The standard InChI is InChI=1S/C24H28N6O5S/c1-16-7-9-19(10-8-16)27-24(32)29-12-13-30(36(33,34)22-17(2)28-35-18(22)3)21(15-29)23(31)26-14-20-6-4-5-11-25-20/h4-11,21H,12-15H2,1-3H3,(H,26,31)(H,27,32). The van der Waals surface area contributed by atoms with E-state index in [0.29, 0.717) is 11.4 Å². The van der Waals surface area contributed by atoms with Gasteiger partial charge < -0.3 is 20.1 Å². The van der Waals surface area contributed by atoms with E-state index in [4.69, 9.17) is 4.52 Å². The van der Waals surface area contributed by atoms with Gasteiger partial charge >= 0.3 is 6.03 Å². The molecule has 4 rings (SSSR count). The van der Waals surface area contributed by atoms with E-state index in [-0.39, 0.29) is 42.5 Å². The Morgan fingerprint density at radius 2 is 1.83 bits per heavy atom. The van der Waals surface area contributed by atoms with Crippen molar-refractivity contribution < 1.29 is 22.5 Å². The van der Waals surface area contributed by atoms with Crippen molar-refractivity contribution in [1.82, 2.24) is 24.7 Å². The smallest absolute Gasteiger partial charge is 0.321 e. The maximum Gasteiger partial charge on any atom is 0.321 e. The van der Waals surface area contributed by atoms with Gasteiger partial charge in [0.15, 0.2) is 5.76 Å². The first kappa shape index (κ1) is 25.3. The Balaban J connectivity index is 1.57. The van der Waals surface area contributed by atoms with Gasteiger partial charge in [-0.1, -0.05) is 28.9 Å². The number of aryl methyl sites for hydroxylation is 3. The highest BCUT2D eigenvalue weighted by Crippen LogP contribution is 2.27. The molecule has 2 aromatic heterocycles. The summed E-state index contributed by atoms with van der Waals surface area (Å²) in [5.74, 6) is -0.400. The number of hydrogen-bond acceptors (Lipinski definition) is 7. The summed E-state index contributed by atoms with van der Waals surface area (Å²) < 4.78 is 33.4. The summed E-state index contributed by atoms with van der Waals surface area (Å²) in [5.41, 5.74) is 2.48. The van der Waals surface area contributed by atoms with Crippen molar-refractivity contribution in [2.75, 3.05) is 25.0 Å². The van der Waals surface area contributed by atoms with Crippen LogP contribution in [-0.4, -0.2) is 65.4 Å². The number of carbonyl (C=O) groups is 2. The fraction of sp³-hybridized carbons (Fsp3) is 0.333. The second-order valence-electron chi connectivity index (χ2n) is 8.57. The predicted molar refractivity (Wildman–Crippen MR) is 132 cm³/mol. The van der Waals surface area contributed by atoms with E-state index in [0.717, 1.165) is 9.87 Å². The Hall–Kier alpha value is -3.77. The van der Waals surface area contributed by atoms with Gasteiger partial charge in [0.05, 0.1) is 12.2 Å². The largest absolute Gasteiger partial charge is 0.360 e. The lowest BCUT2D eigenvalue weighted by atomic mass is 10.2. The molecule has 1 aliphatic rings. The van der Waals surface area contributed by atoms with Crippen molar-refractivity contribution in [3.05, 3.63) is 71.4 Å². The average Bonchev–Trinajstić information content (AvgIpc) is 3.22. The molecular weight excluding hydrogens is 484 g/mol. The number of amides is 3. The summed E-state index contributed by atoms with van der Waals surface area (Å²) >= 11 is 0. The van der Waals surface area contributed by atoms with Crippen LogP contribution in [0.4, 0.5) is 10.5 Å². The Morgan fingerprint density at radius 1 is 1.08 bits per heavy atom. The van der Waals surface area contributed by atoms with Gasteiger partial charge in [-0.05, 0) is 45.0 Å². The molecule has 190 valence electrons. The van der Waals surface area contributed by atoms with Crippen molar-refractivity contribution in [3.63, 3.8) is 0 Å². The van der Waals surface area contributed by atoms with Crippen LogP contribution in [0.1, 0.15) is 22.7 Å². The molecule has 1 atom stereocenters. The normalized spacial score (nSPS) is 16.5. The van der Waals surface area contributed by atoms with Gasteiger partial charge in [0.1, 0.15) is 16.6 Å². The van der Waals surface area contributed by atoms with Crippen LogP contribution < -0.4 is 10.6 Å². The maximum absolute atomic E-state index is 13.6. The molecule has 36 heavy (non-hydrogen) atoms. The number of urea groups is 1. The van der Waals surface area contributed by atoms with Crippen LogP contribution in [0.15, 0.2) is 58.1 Å². The second-order valence-corrected chi connectivity index (χ2v) is 10.4. The third-order valence-corrected chi connectivity index (χ3v) is 8.08. The minimum absolute atomic E-state index is 0.0671. The molecule has 3 aromatic rings. The molecule has 12 heteroatoms.